The maximum atomic E-state index is 11.7. The molecule has 0 saturated carbocycles. The number of hydrogen-bond acceptors (Lipinski definition) is 4. The fourth-order valence-electron chi connectivity index (χ4n) is 0.959. The van der Waals surface area contributed by atoms with Gasteiger partial charge in [-0.1, -0.05) is 11.6 Å². The number of aryl methyl sites for hydroxylation is 1. The first-order chi connectivity index (χ1) is 7.33. The van der Waals surface area contributed by atoms with Gasteiger partial charge in [0.1, 0.15) is 15.8 Å². The molecule has 0 bridgehead atoms. The summed E-state index contributed by atoms with van der Waals surface area (Å²) in [4.78, 5) is 14.4. The molecule has 0 aliphatic rings. The molecule has 0 aliphatic heterocycles. The van der Waals surface area contributed by atoms with Gasteiger partial charge in [-0.3, -0.25) is 4.79 Å². The van der Waals surface area contributed by atoms with E-state index in [-0.39, 0.29) is 22.4 Å². The molecule has 88 valence electrons. The summed E-state index contributed by atoms with van der Waals surface area (Å²) in [5.41, 5.74) is 0.562. The van der Waals surface area contributed by atoms with Gasteiger partial charge in [-0.2, -0.15) is 0 Å². The number of hydrogen-bond donors (Lipinski definition) is 1. The van der Waals surface area contributed by atoms with Gasteiger partial charge in [0.2, 0.25) is 10.0 Å². The number of halogens is 1. The van der Waals surface area contributed by atoms with Crippen molar-refractivity contribution in [3.8, 4) is 0 Å². The van der Waals surface area contributed by atoms with Crippen LogP contribution in [0.3, 0.4) is 0 Å². The van der Waals surface area contributed by atoms with Crippen LogP contribution in [-0.4, -0.2) is 25.7 Å². The second-order valence-electron chi connectivity index (χ2n) is 3.31. The number of aromatic nitrogens is 1. The van der Waals surface area contributed by atoms with E-state index in [1.807, 2.05) is 0 Å². The number of carbonyl (C=O) groups is 1. The smallest absolute Gasteiger partial charge is 0.242 e. The maximum Gasteiger partial charge on any atom is 0.242 e. The highest BCUT2D eigenvalue weighted by Gasteiger charge is 2.15. The van der Waals surface area contributed by atoms with Crippen molar-refractivity contribution in [2.75, 3.05) is 6.54 Å². The fourth-order valence-corrected chi connectivity index (χ4v) is 2.15. The zero-order chi connectivity index (χ0) is 12.3. The normalized spacial score (nSPS) is 11.4. The van der Waals surface area contributed by atoms with Crippen LogP contribution in [-0.2, 0) is 14.8 Å². The van der Waals surface area contributed by atoms with Gasteiger partial charge >= 0.3 is 0 Å². The Morgan fingerprint density at radius 1 is 1.56 bits per heavy atom. The minimum atomic E-state index is -3.69. The molecule has 0 saturated heterocycles. The van der Waals surface area contributed by atoms with Crippen LogP contribution in [0.1, 0.15) is 12.5 Å². The second-order valence-corrected chi connectivity index (χ2v) is 5.43. The Labute approximate surface area is 98.9 Å². The Bertz CT molecular complexity index is 513. The lowest BCUT2D eigenvalue weighted by atomic mass is 10.3. The van der Waals surface area contributed by atoms with Crippen LogP contribution in [0.4, 0.5) is 0 Å². The molecule has 1 aromatic heterocycles. The summed E-state index contributed by atoms with van der Waals surface area (Å²) in [7, 11) is -3.69. The predicted octanol–water partition coefficient (Wildman–Crippen LogP) is 0.911. The minimum Gasteiger partial charge on any atom is -0.299 e. The number of sulfonamides is 1. The van der Waals surface area contributed by atoms with Gasteiger partial charge in [0.25, 0.3) is 0 Å². The first-order valence-corrected chi connectivity index (χ1v) is 6.30. The largest absolute Gasteiger partial charge is 0.299 e. The molecule has 0 aromatic carbocycles. The third-order valence-electron chi connectivity index (χ3n) is 1.81. The number of nitrogens with zero attached hydrogens (tertiary/aromatic N) is 1. The molecular weight excluding hydrogens is 252 g/mol. The first kappa shape index (κ1) is 13.1. The van der Waals surface area contributed by atoms with Gasteiger partial charge in [-0.15, -0.1) is 0 Å². The van der Waals surface area contributed by atoms with Crippen LogP contribution in [0.5, 0.6) is 0 Å². The summed E-state index contributed by atoms with van der Waals surface area (Å²) in [6.07, 6.45) is 1.15. The van der Waals surface area contributed by atoms with E-state index in [2.05, 4.69) is 9.71 Å². The van der Waals surface area contributed by atoms with Crippen LogP contribution in [0, 0.1) is 6.92 Å². The number of pyridine rings is 1. The van der Waals surface area contributed by atoms with Crippen molar-refractivity contribution >= 4 is 27.4 Å². The number of carbonyl (C=O) groups excluding carboxylic acids is 1. The fraction of sp³-hybridized carbons (Fsp3) is 0.333. The summed E-state index contributed by atoms with van der Waals surface area (Å²) in [6.45, 7) is 2.72. The second kappa shape index (κ2) is 4.90. The summed E-state index contributed by atoms with van der Waals surface area (Å²) in [5, 5.41) is 0.255. The molecule has 0 amide bonds. The van der Waals surface area contributed by atoms with E-state index in [1.54, 1.807) is 6.92 Å². The van der Waals surface area contributed by atoms with Crippen LogP contribution in [0.2, 0.25) is 5.15 Å². The molecule has 1 N–H and O–H groups in total. The summed E-state index contributed by atoms with van der Waals surface area (Å²) in [6, 6.07) is 1.40. The quantitative estimate of drug-likeness (QED) is 0.819. The Balaban J connectivity index is 2.99. The average molecular weight is 263 g/mol. The highest BCUT2D eigenvalue weighted by atomic mass is 35.5. The summed E-state index contributed by atoms with van der Waals surface area (Å²) in [5.74, 6) is -0.262. The third-order valence-corrected chi connectivity index (χ3v) is 3.57. The molecule has 1 heterocycles. The van der Waals surface area contributed by atoms with E-state index >= 15 is 0 Å². The van der Waals surface area contributed by atoms with Crippen molar-refractivity contribution in [3.63, 3.8) is 0 Å². The molecule has 0 fully saturated rings. The molecule has 0 aliphatic carbocycles. The van der Waals surface area contributed by atoms with Gasteiger partial charge in [0.05, 0.1) is 6.54 Å². The first-order valence-electron chi connectivity index (χ1n) is 4.44. The van der Waals surface area contributed by atoms with E-state index in [0.29, 0.717) is 5.56 Å². The number of rotatable bonds is 4. The molecular formula is C9H11ClN2O3S. The third kappa shape index (κ3) is 3.26. The highest BCUT2D eigenvalue weighted by molar-refractivity contribution is 7.89. The monoisotopic (exact) mass is 262 g/mol. The predicted molar refractivity (Wildman–Crippen MR) is 59.9 cm³/mol. The zero-order valence-corrected chi connectivity index (χ0v) is 10.4. The van der Waals surface area contributed by atoms with E-state index in [1.165, 1.54) is 13.0 Å². The molecule has 0 radical (unpaired) electrons. The average Bonchev–Trinajstić information content (AvgIpc) is 2.19. The number of Topliss-reactive ketones (excluding diaryl/α,β-unsaturated/α-hetero) is 1. The van der Waals surface area contributed by atoms with Gasteiger partial charge in [0, 0.05) is 6.20 Å². The Kier molecular flexibility index (Phi) is 4.01. The van der Waals surface area contributed by atoms with Crippen LogP contribution >= 0.6 is 11.6 Å². The molecule has 7 heteroatoms. The Hall–Kier alpha value is -0.980. The Morgan fingerprint density at radius 2 is 2.19 bits per heavy atom. The zero-order valence-electron chi connectivity index (χ0n) is 8.82. The lowest BCUT2D eigenvalue weighted by molar-refractivity contribution is -0.115. The molecule has 0 atom stereocenters. The Morgan fingerprint density at radius 3 is 2.69 bits per heavy atom. The van der Waals surface area contributed by atoms with Crippen molar-refractivity contribution < 1.29 is 13.2 Å². The van der Waals surface area contributed by atoms with Gasteiger partial charge in [-0.25, -0.2) is 18.1 Å². The van der Waals surface area contributed by atoms with Crippen molar-refractivity contribution in [1.29, 1.82) is 0 Å². The van der Waals surface area contributed by atoms with Gasteiger partial charge in [-0.05, 0) is 25.5 Å². The molecule has 5 nitrogen and oxygen atoms in total. The molecule has 0 spiro atoms. The van der Waals surface area contributed by atoms with Gasteiger partial charge in [0.15, 0.2) is 0 Å². The maximum absolute atomic E-state index is 11.7. The summed E-state index contributed by atoms with van der Waals surface area (Å²) < 4.78 is 25.5. The lowest BCUT2D eigenvalue weighted by Gasteiger charge is -2.05. The topological polar surface area (TPSA) is 76.1 Å². The minimum absolute atomic E-state index is 0.00403. The van der Waals surface area contributed by atoms with E-state index < -0.39 is 10.0 Å². The van der Waals surface area contributed by atoms with Crippen molar-refractivity contribution in [1.82, 2.24) is 9.71 Å². The van der Waals surface area contributed by atoms with Crippen LogP contribution in [0.15, 0.2) is 17.2 Å². The summed E-state index contributed by atoms with van der Waals surface area (Å²) >= 11 is 5.68. The van der Waals surface area contributed by atoms with Crippen LogP contribution in [0.25, 0.3) is 0 Å². The number of ketones is 1. The van der Waals surface area contributed by atoms with Crippen molar-refractivity contribution in [2.24, 2.45) is 0 Å². The number of nitrogens with one attached hydrogen (secondary N) is 1. The van der Waals surface area contributed by atoms with Crippen LogP contribution < -0.4 is 4.72 Å². The molecule has 16 heavy (non-hydrogen) atoms. The standard InChI is InChI=1S/C9H11ClN2O3S/c1-6-3-8(5-11-9(6)10)16(14,15)12-4-7(2)13/h3,5,12H,4H2,1-2H3. The molecule has 1 aromatic rings. The van der Waals surface area contributed by atoms with E-state index in [4.69, 9.17) is 11.6 Å². The lowest BCUT2D eigenvalue weighted by Crippen LogP contribution is -2.28. The van der Waals surface area contributed by atoms with Gasteiger partial charge < -0.3 is 0 Å². The van der Waals surface area contributed by atoms with E-state index in [0.717, 1.165) is 6.20 Å². The van der Waals surface area contributed by atoms with Crippen molar-refractivity contribution in [2.45, 2.75) is 18.7 Å². The van der Waals surface area contributed by atoms with Crippen molar-refractivity contribution in [3.05, 3.63) is 23.0 Å². The molecule has 1 rings (SSSR count). The van der Waals surface area contributed by atoms with E-state index in [9.17, 15) is 13.2 Å². The molecule has 0 unspecified atom stereocenters. The SMILES string of the molecule is CC(=O)CNS(=O)(=O)c1cnc(Cl)c(C)c1. The highest BCUT2D eigenvalue weighted by Crippen LogP contribution is 2.15.